The third-order valence-electron chi connectivity index (χ3n) is 6.29. The summed E-state index contributed by atoms with van der Waals surface area (Å²) in [4.78, 5) is 9.68. The quantitative estimate of drug-likeness (QED) is 0.169. The first-order valence-electron chi connectivity index (χ1n) is 11.9. The monoisotopic (exact) mass is 527 g/mol. The van der Waals surface area contributed by atoms with E-state index < -0.39 is 11.7 Å². The SMILES string of the molecule is Cn1c(O)c(C(=Nc2ccc(N)cc2)C(=Nc2ccc(N)cc2)c2ccc(C(F)(F)F)cc2)c2ccccc21. The Bertz CT molecular complexity index is 1700. The van der Waals surface area contributed by atoms with Crippen LogP contribution in [0.25, 0.3) is 10.9 Å². The highest BCUT2D eigenvalue weighted by Crippen LogP contribution is 2.35. The van der Waals surface area contributed by atoms with Gasteiger partial charge in [0.1, 0.15) is 5.71 Å². The van der Waals surface area contributed by atoms with Gasteiger partial charge in [-0.1, -0.05) is 30.3 Å². The maximum absolute atomic E-state index is 13.4. The summed E-state index contributed by atoms with van der Waals surface area (Å²) in [6.45, 7) is 0. The van der Waals surface area contributed by atoms with Crippen LogP contribution in [-0.2, 0) is 13.2 Å². The summed E-state index contributed by atoms with van der Waals surface area (Å²) in [6, 6.07) is 25.6. The van der Waals surface area contributed by atoms with Crippen LogP contribution in [0.2, 0.25) is 0 Å². The minimum atomic E-state index is -4.50. The molecule has 0 saturated heterocycles. The number of hydrogen-bond donors (Lipinski definition) is 3. The Hall–Kier alpha value is -5.05. The predicted octanol–water partition coefficient (Wildman–Crippen LogP) is 7.01. The lowest BCUT2D eigenvalue weighted by atomic mass is 9.97. The molecule has 0 atom stereocenters. The van der Waals surface area contributed by atoms with Crippen LogP contribution in [0.5, 0.6) is 5.88 Å². The number of fused-ring (bicyclic) bond motifs is 1. The van der Waals surface area contributed by atoms with E-state index >= 15 is 0 Å². The number of anilines is 2. The van der Waals surface area contributed by atoms with Crippen LogP contribution in [0.15, 0.2) is 107 Å². The zero-order valence-electron chi connectivity index (χ0n) is 20.8. The molecular formula is C30H24F3N5O. The highest BCUT2D eigenvalue weighted by Gasteiger charge is 2.31. The van der Waals surface area contributed by atoms with Gasteiger partial charge in [0, 0.05) is 29.4 Å². The van der Waals surface area contributed by atoms with Crippen LogP contribution in [0.4, 0.5) is 35.9 Å². The molecule has 1 aromatic heterocycles. The molecule has 5 aromatic rings. The first kappa shape index (κ1) is 25.6. The lowest BCUT2D eigenvalue weighted by Crippen LogP contribution is -2.18. The number of hydrogen-bond acceptors (Lipinski definition) is 5. The summed E-state index contributed by atoms with van der Waals surface area (Å²) in [6.07, 6.45) is -4.50. The second-order valence-corrected chi connectivity index (χ2v) is 8.95. The third kappa shape index (κ3) is 5.19. The molecule has 4 aromatic carbocycles. The summed E-state index contributed by atoms with van der Waals surface area (Å²) in [5, 5.41) is 12.0. The van der Waals surface area contributed by atoms with E-state index in [0.717, 1.165) is 17.6 Å². The number of benzene rings is 4. The molecular weight excluding hydrogens is 503 g/mol. The van der Waals surface area contributed by atoms with Crippen LogP contribution in [0.3, 0.4) is 0 Å². The van der Waals surface area contributed by atoms with Gasteiger partial charge in [-0.2, -0.15) is 13.2 Å². The molecule has 0 aliphatic carbocycles. The average molecular weight is 528 g/mol. The Morgan fingerprint density at radius 1 is 0.718 bits per heavy atom. The molecule has 0 saturated carbocycles. The maximum Gasteiger partial charge on any atom is 0.416 e. The van der Waals surface area contributed by atoms with E-state index in [-0.39, 0.29) is 17.3 Å². The van der Waals surface area contributed by atoms with Gasteiger partial charge in [0.2, 0.25) is 5.88 Å². The van der Waals surface area contributed by atoms with E-state index in [2.05, 4.69) is 0 Å². The highest BCUT2D eigenvalue weighted by atomic mass is 19.4. The lowest BCUT2D eigenvalue weighted by molar-refractivity contribution is -0.137. The van der Waals surface area contributed by atoms with Gasteiger partial charge in [0.25, 0.3) is 0 Å². The molecule has 0 aliphatic heterocycles. The molecule has 39 heavy (non-hydrogen) atoms. The van der Waals surface area contributed by atoms with E-state index in [9.17, 15) is 18.3 Å². The number of nitrogens with two attached hydrogens (primary N) is 2. The van der Waals surface area contributed by atoms with Crippen LogP contribution in [0.1, 0.15) is 16.7 Å². The number of nitrogens with zero attached hydrogens (tertiary/aromatic N) is 3. The van der Waals surface area contributed by atoms with Gasteiger partial charge in [-0.25, -0.2) is 9.98 Å². The molecule has 5 rings (SSSR count). The molecule has 196 valence electrons. The molecule has 1 heterocycles. The molecule has 0 spiro atoms. The molecule has 6 nitrogen and oxygen atoms in total. The molecule has 9 heteroatoms. The van der Waals surface area contributed by atoms with E-state index in [4.69, 9.17) is 21.5 Å². The Kier molecular flexibility index (Phi) is 6.57. The zero-order valence-corrected chi connectivity index (χ0v) is 20.8. The van der Waals surface area contributed by atoms with Gasteiger partial charge in [-0.05, 0) is 66.7 Å². The van der Waals surface area contributed by atoms with Crippen molar-refractivity contribution in [3.8, 4) is 5.88 Å². The van der Waals surface area contributed by atoms with Gasteiger partial charge in [0.15, 0.2) is 0 Å². The molecule has 0 unspecified atom stereocenters. The Morgan fingerprint density at radius 3 is 1.77 bits per heavy atom. The van der Waals surface area contributed by atoms with Gasteiger partial charge < -0.3 is 21.1 Å². The predicted molar refractivity (Wildman–Crippen MR) is 150 cm³/mol. The number of aromatic hydroxyl groups is 1. The van der Waals surface area contributed by atoms with E-state index in [1.165, 1.54) is 12.1 Å². The fourth-order valence-corrected chi connectivity index (χ4v) is 4.27. The molecule has 0 aliphatic rings. The fourth-order valence-electron chi connectivity index (χ4n) is 4.27. The third-order valence-corrected chi connectivity index (χ3v) is 6.29. The van der Waals surface area contributed by atoms with Crippen molar-refractivity contribution >= 4 is 45.1 Å². The van der Waals surface area contributed by atoms with E-state index in [1.807, 2.05) is 24.3 Å². The van der Waals surface area contributed by atoms with E-state index in [0.29, 0.717) is 39.3 Å². The maximum atomic E-state index is 13.4. The van der Waals surface area contributed by atoms with Crippen molar-refractivity contribution in [2.75, 3.05) is 11.5 Å². The van der Waals surface area contributed by atoms with Crippen molar-refractivity contribution in [2.45, 2.75) is 6.18 Å². The van der Waals surface area contributed by atoms with E-state index in [1.54, 1.807) is 60.1 Å². The van der Waals surface area contributed by atoms with Crippen LogP contribution < -0.4 is 11.5 Å². The normalized spacial score (nSPS) is 12.7. The second-order valence-electron chi connectivity index (χ2n) is 8.95. The number of alkyl halides is 3. The summed E-state index contributed by atoms with van der Waals surface area (Å²) < 4.78 is 41.7. The minimum Gasteiger partial charge on any atom is -0.494 e. The summed E-state index contributed by atoms with van der Waals surface area (Å²) in [5.41, 5.74) is 15.1. The van der Waals surface area contributed by atoms with Crippen molar-refractivity contribution in [2.24, 2.45) is 17.0 Å². The standard InChI is InChI=1S/C30H24F3N5O/c1-38-25-5-3-2-4-24(25)26(29(38)39)28(37-23-16-12-21(35)13-17-23)27(36-22-14-10-20(34)11-15-22)18-6-8-19(9-7-18)30(31,32)33/h2-17,39H,34-35H2,1H3. The first-order valence-corrected chi connectivity index (χ1v) is 11.9. The first-order chi connectivity index (χ1) is 18.6. The molecule has 0 fully saturated rings. The smallest absolute Gasteiger partial charge is 0.416 e. The highest BCUT2D eigenvalue weighted by molar-refractivity contribution is 6.56. The number of halogens is 3. The topological polar surface area (TPSA) is 102 Å². The lowest BCUT2D eigenvalue weighted by Gasteiger charge is -2.14. The Balaban J connectivity index is 1.82. The van der Waals surface area contributed by atoms with Gasteiger partial charge in [-0.3, -0.25) is 0 Å². The van der Waals surface area contributed by atoms with Gasteiger partial charge >= 0.3 is 6.18 Å². The number of nitrogen functional groups attached to an aromatic ring is 2. The largest absolute Gasteiger partial charge is 0.494 e. The van der Waals surface area contributed by atoms with Crippen molar-refractivity contribution in [3.05, 3.63) is 114 Å². The van der Waals surface area contributed by atoms with Crippen LogP contribution in [-0.4, -0.2) is 21.1 Å². The Labute approximate surface area is 222 Å². The van der Waals surface area contributed by atoms with Crippen LogP contribution >= 0.6 is 0 Å². The molecule has 0 bridgehead atoms. The number of aryl methyl sites for hydroxylation is 1. The Morgan fingerprint density at radius 2 is 1.23 bits per heavy atom. The fraction of sp³-hybridized carbons (Fsp3) is 0.0667. The summed E-state index contributed by atoms with van der Waals surface area (Å²) in [5.74, 6) is -0.0673. The second kappa shape index (κ2) is 10.0. The van der Waals surface area contributed by atoms with Gasteiger partial charge in [0.05, 0.1) is 33.7 Å². The summed E-state index contributed by atoms with van der Waals surface area (Å²) in [7, 11) is 1.72. The van der Waals surface area contributed by atoms with Crippen molar-refractivity contribution in [3.63, 3.8) is 0 Å². The van der Waals surface area contributed by atoms with Gasteiger partial charge in [-0.15, -0.1) is 0 Å². The number of rotatable bonds is 5. The van der Waals surface area contributed by atoms with Crippen molar-refractivity contribution in [1.82, 2.24) is 4.57 Å². The number of para-hydroxylation sites is 1. The van der Waals surface area contributed by atoms with Crippen LogP contribution in [0, 0.1) is 0 Å². The molecule has 5 N–H and O–H groups in total. The van der Waals surface area contributed by atoms with Crippen molar-refractivity contribution < 1.29 is 18.3 Å². The average Bonchev–Trinajstić information content (AvgIpc) is 3.17. The summed E-state index contributed by atoms with van der Waals surface area (Å²) >= 11 is 0. The van der Waals surface area contributed by atoms with Crippen molar-refractivity contribution in [1.29, 1.82) is 0 Å². The number of aliphatic imine (C=N–C) groups is 2. The molecule has 0 amide bonds. The number of aromatic nitrogens is 1. The molecule has 0 radical (unpaired) electrons. The minimum absolute atomic E-state index is 0.0673. The zero-order chi connectivity index (χ0) is 27.7.